The Kier molecular flexibility index (Phi) is 4.91. The number of benzene rings is 5. The molecule has 37 heavy (non-hydrogen) atoms. The highest BCUT2D eigenvalue weighted by Gasteiger charge is 2.46. The van der Waals surface area contributed by atoms with E-state index in [2.05, 4.69) is 135 Å². The van der Waals surface area contributed by atoms with Crippen LogP contribution in [0.25, 0.3) is 28.0 Å². The molecular formula is C36H30O. The summed E-state index contributed by atoms with van der Waals surface area (Å²) in [6.07, 6.45) is 6.74. The van der Waals surface area contributed by atoms with Crippen molar-refractivity contribution in [1.29, 1.82) is 0 Å². The summed E-state index contributed by atoms with van der Waals surface area (Å²) in [4.78, 5) is 0. The molecule has 2 aliphatic rings. The maximum atomic E-state index is 7.32. The SMILES string of the molecule is CCC1(CC)c2ccccc2-c2c1c1c(c3ccccc23)OC(c2ccccc2)(c2ccccc2)C=C1. The number of hydrogen-bond acceptors (Lipinski definition) is 1. The Hall–Kier alpha value is -4.10. The van der Waals surface area contributed by atoms with E-state index in [1.807, 2.05) is 0 Å². The van der Waals surface area contributed by atoms with Crippen LogP contribution in [-0.4, -0.2) is 0 Å². The molecule has 0 saturated heterocycles. The van der Waals surface area contributed by atoms with Gasteiger partial charge in [-0.2, -0.15) is 0 Å². The highest BCUT2D eigenvalue weighted by atomic mass is 16.5. The first-order valence-electron chi connectivity index (χ1n) is 13.4. The van der Waals surface area contributed by atoms with Crippen LogP contribution in [0.3, 0.4) is 0 Å². The van der Waals surface area contributed by atoms with Gasteiger partial charge in [0.15, 0.2) is 5.60 Å². The fourth-order valence-electron chi connectivity index (χ4n) is 6.95. The minimum atomic E-state index is -0.695. The van der Waals surface area contributed by atoms with Gasteiger partial charge < -0.3 is 4.74 Å². The Morgan fingerprint density at radius 2 is 1.19 bits per heavy atom. The second kappa shape index (κ2) is 8.21. The summed E-state index contributed by atoms with van der Waals surface area (Å²) in [7, 11) is 0. The Balaban J connectivity index is 1.59. The molecule has 1 aliphatic heterocycles. The van der Waals surface area contributed by atoms with Crippen molar-refractivity contribution in [2.24, 2.45) is 0 Å². The summed E-state index contributed by atoms with van der Waals surface area (Å²) in [5, 5.41) is 2.45. The van der Waals surface area contributed by atoms with E-state index in [0.717, 1.165) is 29.7 Å². The van der Waals surface area contributed by atoms with Gasteiger partial charge in [0.05, 0.1) is 0 Å². The van der Waals surface area contributed by atoms with Gasteiger partial charge in [-0.1, -0.05) is 129 Å². The first-order valence-corrected chi connectivity index (χ1v) is 13.4. The summed E-state index contributed by atoms with van der Waals surface area (Å²) >= 11 is 0. The van der Waals surface area contributed by atoms with Crippen LogP contribution in [0.5, 0.6) is 5.75 Å². The molecule has 0 spiro atoms. The van der Waals surface area contributed by atoms with Gasteiger partial charge in [-0.25, -0.2) is 0 Å². The van der Waals surface area contributed by atoms with Crippen molar-refractivity contribution in [3.8, 4) is 16.9 Å². The van der Waals surface area contributed by atoms with Crippen LogP contribution < -0.4 is 4.74 Å². The molecule has 5 aromatic carbocycles. The smallest absolute Gasteiger partial charge is 0.178 e. The average molecular weight is 479 g/mol. The summed E-state index contributed by atoms with van der Waals surface area (Å²) < 4.78 is 7.32. The molecule has 0 N–H and O–H groups in total. The van der Waals surface area contributed by atoms with Gasteiger partial charge in [0.1, 0.15) is 5.75 Å². The Bertz CT molecular complexity index is 1620. The Morgan fingerprint density at radius 1 is 0.622 bits per heavy atom. The van der Waals surface area contributed by atoms with Gasteiger partial charge in [0.25, 0.3) is 0 Å². The van der Waals surface area contributed by atoms with Crippen LogP contribution in [-0.2, 0) is 11.0 Å². The van der Waals surface area contributed by atoms with E-state index in [0.29, 0.717) is 0 Å². The van der Waals surface area contributed by atoms with Crippen molar-refractivity contribution >= 4 is 16.8 Å². The highest BCUT2D eigenvalue weighted by Crippen LogP contribution is 2.60. The lowest BCUT2D eigenvalue weighted by Gasteiger charge is -2.39. The van der Waals surface area contributed by atoms with Crippen molar-refractivity contribution in [2.45, 2.75) is 37.7 Å². The lowest BCUT2D eigenvalue weighted by Crippen LogP contribution is -2.35. The molecule has 0 unspecified atom stereocenters. The highest BCUT2D eigenvalue weighted by molar-refractivity contribution is 6.08. The van der Waals surface area contributed by atoms with Gasteiger partial charge in [0, 0.05) is 27.5 Å². The molecule has 0 aromatic heterocycles. The van der Waals surface area contributed by atoms with Gasteiger partial charge in [-0.3, -0.25) is 0 Å². The topological polar surface area (TPSA) is 9.23 Å². The molecule has 5 aromatic rings. The predicted molar refractivity (Wildman–Crippen MR) is 154 cm³/mol. The molecule has 1 aliphatic carbocycles. The van der Waals surface area contributed by atoms with Crippen LogP contribution in [0.1, 0.15) is 54.5 Å². The summed E-state index contributed by atoms with van der Waals surface area (Å²) in [6.45, 7) is 4.67. The summed E-state index contributed by atoms with van der Waals surface area (Å²) in [5.74, 6) is 0.989. The third kappa shape index (κ3) is 2.92. The minimum Gasteiger partial charge on any atom is -0.472 e. The maximum absolute atomic E-state index is 7.32. The van der Waals surface area contributed by atoms with Crippen LogP contribution in [0.15, 0.2) is 115 Å². The van der Waals surface area contributed by atoms with Crippen LogP contribution in [0.2, 0.25) is 0 Å². The second-order valence-electron chi connectivity index (χ2n) is 10.3. The Morgan fingerprint density at radius 3 is 1.84 bits per heavy atom. The van der Waals surface area contributed by atoms with E-state index < -0.39 is 5.60 Å². The first-order chi connectivity index (χ1) is 18.2. The van der Waals surface area contributed by atoms with Crippen molar-refractivity contribution in [1.82, 2.24) is 0 Å². The second-order valence-corrected chi connectivity index (χ2v) is 10.3. The van der Waals surface area contributed by atoms with Crippen molar-refractivity contribution in [3.05, 3.63) is 143 Å². The molecule has 180 valence electrons. The molecule has 0 amide bonds. The Labute approximate surface area is 219 Å². The maximum Gasteiger partial charge on any atom is 0.178 e. The van der Waals surface area contributed by atoms with Gasteiger partial charge >= 0.3 is 0 Å². The number of hydrogen-bond donors (Lipinski definition) is 0. The fraction of sp³-hybridized carbons (Fsp3) is 0.167. The summed E-state index contributed by atoms with van der Waals surface area (Å²) in [6, 6.07) is 39.1. The monoisotopic (exact) mass is 478 g/mol. The summed E-state index contributed by atoms with van der Waals surface area (Å²) in [5.41, 5.74) is 8.40. The molecule has 0 fully saturated rings. The van der Waals surface area contributed by atoms with E-state index in [1.165, 1.54) is 38.6 Å². The molecule has 0 saturated carbocycles. The fourth-order valence-corrected chi connectivity index (χ4v) is 6.95. The average Bonchev–Trinajstić information content (AvgIpc) is 3.29. The molecule has 1 nitrogen and oxygen atoms in total. The zero-order valence-corrected chi connectivity index (χ0v) is 21.4. The zero-order chi connectivity index (χ0) is 25.0. The van der Waals surface area contributed by atoms with E-state index in [4.69, 9.17) is 4.74 Å². The molecule has 7 rings (SSSR count). The third-order valence-corrected chi connectivity index (χ3v) is 8.76. The van der Waals surface area contributed by atoms with Crippen molar-refractivity contribution in [2.75, 3.05) is 0 Å². The molecule has 0 bridgehead atoms. The molecular weight excluding hydrogens is 448 g/mol. The quantitative estimate of drug-likeness (QED) is 0.250. The normalized spacial score (nSPS) is 16.1. The van der Waals surface area contributed by atoms with Gasteiger partial charge in [0.2, 0.25) is 0 Å². The number of rotatable bonds is 4. The molecule has 1 heterocycles. The lowest BCUT2D eigenvalue weighted by molar-refractivity contribution is 0.163. The number of fused-ring (bicyclic) bond motifs is 8. The standard InChI is InChI=1S/C36H30O/c1-3-35(4-2)31-22-14-13-21-29(31)32-27-19-11-12-20-28(27)34-30(33(32)35)23-24-36(37-34,25-15-7-5-8-16-25)26-17-9-6-10-18-26/h5-24H,3-4H2,1-2H3. The minimum absolute atomic E-state index is 0.0345. The number of ether oxygens (including phenoxy) is 1. The van der Waals surface area contributed by atoms with Crippen LogP contribution in [0.4, 0.5) is 0 Å². The predicted octanol–water partition coefficient (Wildman–Crippen LogP) is 9.28. The van der Waals surface area contributed by atoms with E-state index in [1.54, 1.807) is 0 Å². The van der Waals surface area contributed by atoms with E-state index in [9.17, 15) is 0 Å². The molecule has 1 heteroatoms. The first kappa shape index (κ1) is 22.1. The molecule has 0 radical (unpaired) electrons. The van der Waals surface area contributed by atoms with Crippen LogP contribution in [0, 0.1) is 0 Å². The van der Waals surface area contributed by atoms with E-state index >= 15 is 0 Å². The van der Waals surface area contributed by atoms with Crippen molar-refractivity contribution in [3.63, 3.8) is 0 Å². The molecule has 0 atom stereocenters. The van der Waals surface area contributed by atoms with Gasteiger partial charge in [-0.05, 0) is 46.6 Å². The van der Waals surface area contributed by atoms with Gasteiger partial charge in [-0.15, -0.1) is 0 Å². The lowest BCUT2D eigenvalue weighted by atomic mass is 9.71. The van der Waals surface area contributed by atoms with E-state index in [-0.39, 0.29) is 5.41 Å². The zero-order valence-electron chi connectivity index (χ0n) is 21.4. The van der Waals surface area contributed by atoms with Crippen LogP contribution >= 0.6 is 0 Å². The largest absolute Gasteiger partial charge is 0.472 e. The third-order valence-electron chi connectivity index (χ3n) is 8.76. The van der Waals surface area contributed by atoms with Crippen molar-refractivity contribution < 1.29 is 4.74 Å².